The summed E-state index contributed by atoms with van der Waals surface area (Å²) < 4.78 is 4.22. The molecule has 1 radical (unpaired) electrons. The Morgan fingerprint density at radius 2 is 2.43 bits per heavy atom. The van der Waals surface area contributed by atoms with Crippen LogP contribution in [0.4, 0.5) is 0 Å². The number of unbranched alkanes of at least 4 members (excludes halogenated alkanes) is 1. The minimum absolute atomic E-state index is 0.965. The number of hydrogen-bond acceptors (Lipinski definition) is 2. The molecule has 0 aliphatic carbocycles. The minimum Gasteiger partial charge on any atom is -0.372 e. The zero-order chi connectivity index (χ0) is 5.54. The van der Waals surface area contributed by atoms with E-state index in [0.29, 0.717) is 0 Å². The van der Waals surface area contributed by atoms with Crippen molar-refractivity contribution < 1.29 is 4.76 Å². The first-order chi connectivity index (χ1) is 3.41. The van der Waals surface area contributed by atoms with E-state index >= 15 is 0 Å². The van der Waals surface area contributed by atoms with Gasteiger partial charge in [-0.3, -0.25) is 0 Å². The van der Waals surface area contributed by atoms with Gasteiger partial charge in [-0.1, -0.05) is 19.8 Å². The third-order valence-electron chi connectivity index (χ3n) is 0.772. The van der Waals surface area contributed by atoms with Gasteiger partial charge in [-0.05, 0) is 6.32 Å². The molecule has 0 aromatic heterocycles. The van der Waals surface area contributed by atoms with Gasteiger partial charge in [0.05, 0.1) is 0 Å². The third kappa shape index (κ3) is 5.98. The summed E-state index contributed by atoms with van der Waals surface area (Å²) in [6.07, 6.45) is 3.32. The van der Waals surface area contributed by atoms with Gasteiger partial charge in [0.15, 0.2) is 0 Å². The van der Waals surface area contributed by atoms with Crippen LogP contribution in [-0.2, 0) is 4.76 Å². The molecular formula is C4H11BNO. The molecule has 0 atom stereocenters. The standard InChI is InChI=1S/C4H11BNO/c1-2-3-4-5-7-6/h2-4,6H2,1H3. The van der Waals surface area contributed by atoms with Gasteiger partial charge in [0.1, 0.15) is 0 Å². The van der Waals surface area contributed by atoms with Crippen molar-refractivity contribution in [2.24, 2.45) is 5.90 Å². The van der Waals surface area contributed by atoms with E-state index in [1.165, 1.54) is 6.42 Å². The molecule has 2 N–H and O–H groups in total. The van der Waals surface area contributed by atoms with Crippen molar-refractivity contribution >= 4 is 7.48 Å². The van der Waals surface area contributed by atoms with Crippen LogP contribution in [-0.4, -0.2) is 7.48 Å². The summed E-state index contributed by atoms with van der Waals surface area (Å²) in [6.45, 7) is 2.13. The van der Waals surface area contributed by atoms with Crippen LogP contribution in [0.2, 0.25) is 6.32 Å². The lowest BCUT2D eigenvalue weighted by molar-refractivity contribution is 0.353. The topological polar surface area (TPSA) is 35.2 Å². The Labute approximate surface area is 45.3 Å². The van der Waals surface area contributed by atoms with Crippen LogP contribution >= 0.6 is 0 Å². The molecule has 0 saturated heterocycles. The molecule has 7 heavy (non-hydrogen) atoms. The van der Waals surface area contributed by atoms with E-state index in [0.717, 1.165) is 12.7 Å². The average molecular weight is 100.0 g/mol. The Balaban J connectivity index is 2.45. The molecule has 0 aromatic carbocycles. The van der Waals surface area contributed by atoms with Crippen molar-refractivity contribution in [3.8, 4) is 0 Å². The van der Waals surface area contributed by atoms with Crippen LogP contribution in [0, 0.1) is 0 Å². The fourth-order valence-corrected chi connectivity index (χ4v) is 0.355. The Morgan fingerprint density at radius 3 is 2.86 bits per heavy atom. The smallest absolute Gasteiger partial charge is 0.323 e. The molecule has 0 spiro atoms. The molecule has 41 valence electrons. The van der Waals surface area contributed by atoms with E-state index in [9.17, 15) is 0 Å². The summed E-state index contributed by atoms with van der Waals surface area (Å²) in [5.74, 6) is 4.71. The number of hydrogen-bond donors (Lipinski definition) is 1. The van der Waals surface area contributed by atoms with Crippen LogP contribution in [0.1, 0.15) is 19.8 Å². The highest BCUT2D eigenvalue weighted by atomic mass is 16.6. The molecule has 0 saturated carbocycles. The van der Waals surface area contributed by atoms with Crippen LogP contribution in [0.3, 0.4) is 0 Å². The molecular weight excluding hydrogens is 88.9 g/mol. The van der Waals surface area contributed by atoms with E-state index in [4.69, 9.17) is 5.90 Å². The first kappa shape index (κ1) is 6.98. The van der Waals surface area contributed by atoms with E-state index in [2.05, 4.69) is 11.7 Å². The largest absolute Gasteiger partial charge is 0.372 e. The Morgan fingerprint density at radius 1 is 1.71 bits per heavy atom. The molecule has 0 aromatic rings. The van der Waals surface area contributed by atoms with E-state index < -0.39 is 0 Å². The lowest BCUT2D eigenvalue weighted by Crippen LogP contribution is -2.03. The average Bonchev–Trinajstić information content (AvgIpc) is 1.69. The minimum atomic E-state index is 0.965. The second-order valence-electron chi connectivity index (χ2n) is 1.44. The van der Waals surface area contributed by atoms with Crippen molar-refractivity contribution in [3.63, 3.8) is 0 Å². The van der Waals surface area contributed by atoms with Crippen molar-refractivity contribution in [1.82, 2.24) is 0 Å². The zero-order valence-electron chi connectivity index (χ0n) is 4.68. The zero-order valence-corrected chi connectivity index (χ0v) is 4.68. The maximum absolute atomic E-state index is 4.71. The van der Waals surface area contributed by atoms with Gasteiger partial charge >= 0.3 is 7.48 Å². The van der Waals surface area contributed by atoms with Crippen LogP contribution in [0.5, 0.6) is 0 Å². The molecule has 0 unspecified atom stereocenters. The molecule has 0 aliphatic rings. The Bertz CT molecular complexity index is 30.9. The summed E-state index contributed by atoms with van der Waals surface area (Å²) in [4.78, 5) is 0. The van der Waals surface area contributed by atoms with Crippen molar-refractivity contribution in [2.75, 3.05) is 0 Å². The van der Waals surface area contributed by atoms with Gasteiger partial charge in [0.2, 0.25) is 0 Å². The summed E-state index contributed by atoms with van der Waals surface area (Å²) >= 11 is 0. The van der Waals surface area contributed by atoms with Gasteiger partial charge < -0.3 is 4.76 Å². The van der Waals surface area contributed by atoms with Gasteiger partial charge in [0, 0.05) is 0 Å². The normalized spacial score (nSPS) is 8.86. The maximum atomic E-state index is 4.71. The number of nitrogens with two attached hydrogens (primary N) is 1. The van der Waals surface area contributed by atoms with Crippen molar-refractivity contribution in [2.45, 2.75) is 26.1 Å². The highest BCUT2D eigenvalue weighted by Gasteiger charge is 1.85. The molecule has 2 nitrogen and oxygen atoms in total. The van der Waals surface area contributed by atoms with E-state index in [1.54, 1.807) is 7.48 Å². The van der Waals surface area contributed by atoms with Crippen LogP contribution in [0.25, 0.3) is 0 Å². The molecule has 0 bridgehead atoms. The molecule has 0 fully saturated rings. The molecule has 0 amide bonds. The van der Waals surface area contributed by atoms with Crippen molar-refractivity contribution in [3.05, 3.63) is 0 Å². The first-order valence-electron chi connectivity index (χ1n) is 2.59. The van der Waals surface area contributed by atoms with E-state index in [1.807, 2.05) is 0 Å². The predicted molar refractivity (Wildman–Crippen MR) is 30.7 cm³/mol. The lowest BCUT2D eigenvalue weighted by Gasteiger charge is -1.89. The van der Waals surface area contributed by atoms with Gasteiger partial charge in [-0.25, -0.2) is 5.90 Å². The Kier molecular flexibility index (Phi) is 5.97. The monoisotopic (exact) mass is 100 g/mol. The van der Waals surface area contributed by atoms with E-state index in [-0.39, 0.29) is 0 Å². The molecule has 0 rings (SSSR count). The van der Waals surface area contributed by atoms with Crippen LogP contribution < -0.4 is 5.90 Å². The van der Waals surface area contributed by atoms with Gasteiger partial charge in [-0.15, -0.1) is 0 Å². The van der Waals surface area contributed by atoms with Crippen molar-refractivity contribution in [1.29, 1.82) is 0 Å². The summed E-state index contributed by atoms with van der Waals surface area (Å²) in [5, 5.41) is 0. The lowest BCUT2D eigenvalue weighted by atomic mass is 9.93. The maximum Gasteiger partial charge on any atom is 0.323 e. The van der Waals surface area contributed by atoms with Gasteiger partial charge in [-0.2, -0.15) is 0 Å². The Hall–Kier alpha value is -0.0151. The predicted octanol–water partition coefficient (Wildman–Crippen LogP) is 0.714. The highest BCUT2D eigenvalue weighted by Crippen LogP contribution is 1.91. The third-order valence-corrected chi connectivity index (χ3v) is 0.772. The fraction of sp³-hybridized carbons (Fsp3) is 1.00. The summed E-state index contributed by atoms with van der Waals surface area (Å²) in [5.41, 5.74) is 0. The number of rotatable bonds is 4. The first-order valence-corrected chi connectivity index (χ1v) is 2.59. The SMILES string of the molecule is CCCC[B]ON. The second kappa shape index (κ2) is 5.98. The summed E-state index contributed by atoms with van der Waals surface area (Å²) in [6, 6.07) is 0. The molecule has 0 heterocycles. The van der Waals surface area contributed by atoms with Crippen LogP contribution in [0.15, 0.2) is 0 Å². The van der Waals surface area contributed by atoms with Gasteiger partial charge in [0.25, 0.3) is 0 Å². The highest BCUT2D eigenvalue weighted by molar-refractivity contribution is 6.26. The molecule has 0 aliphatic heterocycles. The summed E-state index contributed by atoms with van der Waals surface area (Å²) in [7, 11) is 1.61. The second-order valence-corrected chi connectivity index (χ2v) is 1.44. The molecule has 3 heteroatoms. The fourth-order valence-electron chi connectivity index (χ4n) is 0.355. The quantitative estimate of drug-likeness (QED) is 0.321.